The molecular formula is C16H11ClN2O3. The lowest BCUT2D eigenvalue weighted by atomic mass is 10.2. The number of aromatic hydroxyl groups is 1. The van der Waals surface area contributed by atoms with Gasteiger partial charge in [-0.05, 0) is 30.3 Å². The Kier molecular flexibility index (Phi) is 2.94. The van der Waals surface area contributed by atoms with E-state index in [9.17, 15) is 5.11 Å². The van der Waals surface area contributed by atoms with Gasteiger partial charge >= 0.3 is 0 Å². The maximum atomic E-state index is 10.0. The third-order valence-electron chi connectivity index (χ3n) is 3.48. The molecule has 0 bridgehead atoms. The number of H-pyrrole nitrogens is 1. The molecule has 6 heteroatoms. The molecule has 1 aromatic heterocycles. The van der Waals surface area contributed by atoms with Crippen LogP contribution in [-0.4, -0.2) is 23.1 Å². The molecule has 110 valence electrons. The molecule has 0 radical (unpaired) electrons. The summed E-state index contributed by atoms with van der Waals surface area (Å²) in [5, 5.41) is 11.4. The van der Waals surface area contributed by atoms with Gasteiger partial charge in [0.1, 0.15) is 0 Å². The van der Waals surface area contributed by atoms with Gasteiger partial charge in [-0.25, -0.2) is 0 Å². The van der Waals surface area contributed by atoms with E-state index in [1.165, 1.54) is 0 Å². The van der Waals surface area contributed by atoms with E-state index in [0.29, 0.717) is 27.8 Å². The van der Waals surface area contributed by atoms with Crippen LogP contribution in [-0.2, 0) is 0 Å². The first-order valence-corrected chi connectivity index (χ1v) is 7.02. The first-order valence-electron chi connectivity index (χ1n) is 6.64. The van der Waals surface area contributed by atoms with Crippen molar-refractivity contribution in [3.05, 3.63) is 47.0 Å². The van der Waals surface area contributed by atoms with E-state index in [1.807, 2.05) is 12.1 Å². The number of rotatable bonds is 2. The molecule has 0 unspecified atom stereocenters. The van der Waals surface area contributed by atoms with Crippen LogP contribution in [0.5, 0.6) is 17.4 Å². The number of benzene rings is 2. The molecule has 0 amide bonds. The quantitative estimate of drug-likeness (QED) is 0.702. The number of fused-ring (bicyclic) bond motifs is 2. The molecule has 0 saturated carbocycles. The number of aromatic nitrogens is 1. The summed E-state index contributed by atoms with van der Waals surface area (Å²) >= 11 is 6.01. The van der Waals surface area contributed by atoms with Gasteiger partial charge in [-0.15, -0.1) is 0 Å². The van der Waals surface area contributed by atoms with Gasteiger partial charge in [-0.3, -0.25) is 4.99 Å². The van der Waals surface area contributed by atoms with Crippen LogP contribution in [0.15, 0.2) is 41.4 Å². The largest absolute Gasteiger partial charge is 0.494 e. The second-order valence-electron chi connectivity index (χ2n) is 4.87. The van der Waals surface area contributed by atoms with E-state index in [0.717, 1.165) is 10.9 Å². The molecule has 4 rings (SSSR count). The topological polar surface area (TPSA) is 66.8 Å². The molecule has 0 saturated heterocycles. The molecule has 22 heavy (non-hydrogen) atoms. The molecular weight excluding hydrogens is 304 g/mol. The number of hydrogen-bond donors (Lipinski definition) is 2. The third kappa shape index (κ3) is 2.16. The fraction of sp³-hybridized carbons (Fsp3) is 0.0625. The highest BCUT2D eigenvalue weighted by atomic mass is 35.5. The average Bonchev–Trinajstić information content (AvgIpc) is 3.08. The normalized spacial score (nSPS) is 13.3. The standard InChI is InChI=1S/C16H11ClN2O3/c17-9-1-3-13-11(5-9)12(16(20)19-13)7-18-10-2-4-14-15(6-10)22-8-21-14/h1-7,19-20H,8H2. The van der Waals surface area contributed by atoms with Crippen LogP contribution in [0, 0.1) is 0 Å². The summed E-state index contributed by atoms with van der Waals surface area (Å²) in [5.41, 5.74) is 2.10. The molecule has 2 heterocycles. The van der Waals surface area contributed by atoms with Gasteiger partial charge in [0.25, 0.3) is 0 Å². The van der Waals surface area contributed by atoms with Crippen molar-refractivity contribution in [1.29, 1.82) is 0 Å². The van der Waals surface area contributed by atoms with Gasteiger partial charge in [0.15, 0.2) is 17.4 Å². The number of halogens is 1. The van der Waals surface area contributed by atoms with Gasteiger partial charge in [0.05, 0.1) is 11.3 Å². The average molecular weight is 315 g/mol. The lowest BCUT2D eigenvalue weighted by Gasteiger charge is -1.98. The van der Waals surface area contributed by atoms with Gasteiger partial charge in [0.2, 0.25) is 6.79 Å². The Morgan fingerprint density at radius 3 is 2.91 bits per heavy atom. The Bertz CT molecular complexity index is 902. The maximum absolute atomic E-state index is 10.0. The lowest BCUT2D eigenvalue weighted by molar-refractivity contribution is 0.174. The first-order chi connectivity index (χ1) is 10.7. The van der Waals surface area contributed by atoms with Crippen molar-refractivity contribution in [3.8, 4) is 17.4 Å². The minimum absolute atomic E-state index is 0.0572. The van der Waals surface area contributed by atoms with Gasteiger partial charge < -0.3 is 19.6 Å². The SMILES string of the molecule is Oc1[nH]c2ccc(Cl)cc2c1C=Nc1ccc2c(c1)OCO2. The summed E-state index contributed by atoms with van der Waals surface area (Å²) in [5.74, 6) is 1.43. The molecule has 0 aliphatic carbocycles. The molecule has 2 aromatic carbocycles. The van der Waals surface area contributed by atoms with Crippen LogP contribution < -0.4 is 9.47 Å². The van der Waals surface area contributed by atoms with E-state index in [-0.39, 0.29) is 12.7 Å². The van der Waals surface area contributed by atoms with Crippen LogP contribution in [0.25, 0.3) is 10.9 Å². The Balaban J connectivity index is 1.74. The van der Waals surface area contributed by atoms with Crippen molar-refractivity contribution in [2.45, 2.75) is 0 Å². The Labute approximate surface area is 130 Å². The van der Waals surface area contributed by atoms with Crippen LogP contribution >= 0.6 is 11.6 Å². The number of hydrogen-bond acceptors (Lipinski definition) is 4. The summed E-state index contributed by atoms with van der Waals surface area (Å²) in [6, 6.07) is 10.8. The summed E-state index contributed by atoms with van der Waals surface area (Å²) in [4.78, 5) is 7.28. The fourth-order valence-corrected chi connectivity index (χ4v) is 2.58. The van der Waals surface area contributed by atoms with Gasteiger partial charge in [-0.2, -0.15) is 0 Å². The minimum Gasteiger partial charge on any atom is -0.494 e. The molecule has 1 aliphatic rings. The third-order valence-corrected chi connectivity index (χ3v) is 3.71. The molecule has 1 aliphatic heterocycles. The second-order valence-corrected chi connectivity index (χ2v) is 5.31. The summed E-state index contributed by atoms with van der Waals surface area (Å²) in [6.07, 6.45) is 1.60. The van der Waals surface area contributed by atoms with Crippen LogP contribution in [0.2, 0.25) is 5.02 Å². The predicted octanol–water partition coefficient (Wildman–Crippen LogP) is 4.01. The zero-order valence-corrected chi connectivity index (χ0v) is 12.1. The molecule has 0 atom stereocenters. The van der Waals surface area contributed by atoms with Gasteiger partial charge in [0, 0.05) is 28.2 Å². The summed E-state index contributed by atoms with van der Waals surface area (Å²) in [7, 11) is 0. The van der Waals surface area contributed by atoms with E-state index >= 15 is 0 Å². The first kappa shape index (κ1) is 13.0. The smallest absolute Gasteiger partial charge is 0.231 e. The Morgan fingerprint density at radius 1 is 1.14 bits per heavy atom. The zero-order chi connectivity index (χ0) is 15.1. The lowest BCUT2D eigenvalue weighted by Crippen LogP contribution is -1.92. The minimum atomic E-state index is 0.0572. The van der Waals surface area contributed by atoms with Crippen molar-refractivity contribution < 1.29 is 14.6 Å². The highest BCUT2D eigenvalue weighted by molar-refractivity contribution is 6.31. The van der Waals surface area contributed by atoms with Crippen molar-refractivity contribution in [3.63, 3.8) is 0 Å². The van der Waals surface area contributed by atoms with Crippen molar-refractivity contribution in [1.82, 2.24) is 4.98 Å². The van der Waals surface area contributed by atoms with Crippen LogP contribution in [0.3, 0.4) is 0 Å². The van der Waals surface area contributed by atoms with Crippen molar-refractivity contribution in [2.24, 2.45) is 4.99 Å². The van der Waals surface area contributed by atoms with E-state index in [1.54, 1.807) is 30.5 Å². The predicted molar refractivity (Wildman–Crippen MR) is 84.8 cm³/mol. The number of nitrogens with one attached hydrogen (secondary N) is 1. The molecule has 0 fully saturated rings. The number of nitrogens with zero attached hydrogens (tertiary/aromatic N) is 1. The highest BCUT2D eigenvalue weighted by Crippen LogP contribution is 2.35. The Morgan fingerprint density at radius 2 is 2.00 bits per heavy atom. The van der Waals surface area contributed by atoms with Crippen LogP contribution in [0.4, 0.5) is 5.69 Å². The molecule has 2 N–H and O–H groups in total. The monoisotopic (exact) mass is 314 g/mol. The van der Waals surface area contributed by atoms with E-state index in [4.69, 9.17) is 21.1 Å². The molecule has 0 spiro atoms. The van der Waals surface area contributed by atoms with Gasteiger partial charge in [-0.1, -0.05) is 11.6 Å². The van der Waals surface area contributed by atoms with E-state index < -0.39 is 0 Å². The van der Waals surface area contributed by atoms with Crippen LogP contribution in [0.1, 0.15) is 5.56 Å². The number of aliphatic imine (C=N–C) groups is 1. The van der Waals surface area contributed by atoms with Crippen molar-refractivity contribution >= 4 is 34.4 Å². The summed E-state index contributed by atoms with van der Waals surface area (Å²) < 4.78 is 10.6. The number of ether oxygens (including phenoxy) is 2. The van der Waals surface area contributed by atoms with E-state index in [2.05, 4.69) is 9.98 Å². The molecule has 5 nitrogen and oxygen atoms in total. The zero-order valence-electron chi connectivity index (χ0n) is 11.3. The number of aromatic amines is 1. The Hall–Kier alpha value is -2.66. The highest BCUT2D eigenvalue weighted by Gasteiger charge is 2.13. The molecule has 3 aromatic rings. The van der Waals surface area contributed by atoms with Crippen molar-refractivity contribution in [2.75, 3.05) is 6.79 Å². The maximum Gasteiger partial charge on any atom is 0.231 e. The fourth-order valence-electron chi connectivity index (χ4n) is 2.41. The second kappa shape index (κ2) is 4.96. The summed E-state index contributed by atoms with van der Waals surface area (Å²) in [6.45, 7) is 0.226.